The summed E-state index contributed by atoms with van der Waals surface area (Å²) in [6.07, 6.45) is 2.92. The molecule has 0 heterocycles. The number of hydrogen-bond donors (Lipinski definition) is 1. The minimum atomic E-state index is -0.457. The van der Waals surface area contributed by atoms with Crippen molar-refractivity contribution in [2.24, 2.45) is 0 Å². The lowest BCUT2D eigenvalue weighted by atomic mass is 10.2. The summed E-state index contributed by atoms with van der Waals surface area (Å²) in [4.78, 5) is 11.1. The van der Waals surface area contributed by atoms with Gasteiger partial charge in [-0.15, -0.1) is 0 Å². The van der Waals surface area contributed by atoms with Crippen molar-refractivity contribution in [2.45, 2.75) is 6.92 Å². The van der Waals surface area contributed by atoms with E-state index >= 15 is 0 Å². The van der Waals surface area contributed by atoms with E-state index in [4.69, 9.17) is 14.6 Å². The van der Waals surface area contributed by atoms with Crippen LogP contribution in [0.3, 0.4) is 0 Å². The third-order valence-electron chi connectivity index (χ3n) is 1.79. The van der Waals surface area contributed by atoms with Crippen LogP contribution >= 0.6 is 0 Å². The van der Waals surface area contributed by atoms with Gasteiger partial charge in [-0.3, -0.25) is 0 Å². The molecular formula is C12H14O4. The second-order valence-corrected chi connectivity index (χ2v) is 3.00. The average molecular weight is 222 g/mol. The largest absolute Gasteiger partial charge is 0.508 e. The number of esters is 1. The smallest absolute Gasteiger partial charge is 0.332 e. The van der Waals surface area contributed by atoms with Gasteiger partial charge in [-0.1, -0.05) is 12.1 Å². The first-order valence-electron chi connectivity index (χ1n) is 4.94. The van der Waals surface area contributed by atoms with Crippen LogP contribution in [-0.2, 0) is 14.3 Å². The summed E-state index contributed by atoms with van der Waals surface area (Å²) in [6.45, 7) is 2.30. The van der Waals surface area contributed by atoms with Crippen LogP contribution in [0.1, 0.15) is 12.5 Å². The van der Waals surface area contributed by atoms with Gasteiger partial charge in [-0.25, -0.2) is 4.79 Å². The van der Waals surface area contributed by atoms with Gasteiger partial charge in [-0.2, -0.15) is 0 Å². The Bertz CT molecular complexity index is 354. The van der Waals surface area contributed by atoms with Gasteiger partial charge in [0.05, 0.1) is 0 Å². The third kappa shape index (κ3) is 4.61. The van der Waals surface area contributed by atoms with Crippen LogP contribution in [0.2, 0.25) is 0 Å². The lowest BCUT2D eigenvalue weighted by molar-refractivity contribution is -0.149. The fourth-order valence-electron chi connectivity index (χ4n) is 0.981. The Morgan fingerprint density at radius 1 is 1.38 bits per heavy atom. The van der Waals surface area contributed by atoms with E-state index < -0.39 is 5.97 Å². The molecule has 0 fully saturated rings. The average Bonchev–Trinajstić information content (AvgIpc) is 2.29. The summed E-state index contributed by atoms with van der Waals surface area (Å²) in [7, 11) is 0. The van der Waals surface area contributed by atoms with E-state index in [1.807, 2.05) is 6.92 Å². The molecule has 16 heavy (non-hydrogen) atoms. The molecule has 0 unspecified atom stereocenters. The number of hydrogen-bond acceptors (Lipinski definition) is 4. The van der Waals surface area contributed by atoms with Crippen molar-refractivity contribution >= 4 is 12.0 Å². The van der Waals surface area contributed by atoms with E-state index in [0.717, 1.165) is 5.56 Å². The summed E-state index contributed by atoms with van der Waals surface area (Å²) in [5.41, 5.74) is 0.811. The fraction of sp³-hybridized carbons (Fsp3) is 0.250. The van der Waals surface area contributed by atoms with Gasteiger partial charge in [0.15, 0.2) is 6.79 Å². The molecule has 0 spiro atoms. The normalized spacial score (nSPS) is 10.6. The molecular weight excluding hydrogens is 208 g/mol. The highest BCUT2D eigenvalue weighted by Crippen LogP contribution is 2.10. The molecule has 0 bridgehead atoms. The number of carbonyl (C=O) groups excluding carboxylic acids is 1. The van der Waals surface area contributed by atoms with Crippen LogP contribution < -0.4 is 0 Å². The first kappa shape index (κ1) is 12.3. The van der Waals surface area contributed by atoms with Crippen molar-refractivity contribution in [3.05, 3.63) is 35.9 Å². The van der Waals surface area contributed by atoms with Crippen LogP contribution in [0, 0.1) is 0 Å². The van der Waals surface area contributed by atoms with Gasteiger partial charge < -0.3 is 14.6 Å². The van der Waals surface area contributed by atoms with Gasteiger partial charge in [-0.05, 0) is 30.7 Å². The molecule has 1 rings (SSSR count). The predicted molar refractivity (Wildman–Crippen MR) is 59.7 cm³/mol. The number of phenols is 1. The first-order valence-corrected chi connectivity index (χ1v) is 4.94. The molecule has 4 heteroatoms. The van der Waals surface area contributed by atoms with Crippen molar-refractivity contribution < 1.29 is 19.4 Å². The first-order chi connectivity index (χ1) is 7.72. The maximum Gasteiger partial charge on any atom is 0.332 e. The highest BCUT2D eigenvalue weighted by Gasteiger charge is 1.95. The highest BCUT2D eigenvalue weighted by atomic mass is 16.7. The van der Waals surface area contributed by atoms with Gasteiger partial charge >= 0.3 is 5.97 Å². The molecule has 4 nitrogen and oxygen atoms in total. The maximum atomic E-state index is 11.1. The van der Waals surface area contributed by atoms with E-state index in [0.29, 0.717) is 6.61 Å². The van der Waals surface area contributed by atoms with E-state index in [-0.39, 0.29) is 12.5 Å². The van der Waals surface area contributed by atoms with Gasteiger partial charge in [0.2, 0.25) is 0 Å². The van der Waals surface area contributed by atoms with Crippen LogP contribution in [-0.4, -0.2) is 24.5 Å². The topological polar surface area (TPSA) is 55.8 Å². The zero-order chi connectivity index (χ0) is 11.8. The van der Waals surface area contributed by atoms with Crippen LogP contribution in [0.15, 0.2) is 30.3 Å². The molecule has 0 saturated heterocycles. The van der Waals surface area contributed by atoms with Gasteiger partial charge in [0.1, 0.15) is 5.75 Å². The molecule has 0 radical (unpaired) electrons. The number of carbonyl (C=O) groups is 1. The molecule has 1 aromatic rings. The molecule has 86 valence electrons. The zero-order valence-electron chi connectivity index (χ0n) is 9.05. The van der Waals surface area contributed by atoms with Crippen LogP contribution in [0.5, 0.6) is 5.75 Å². The number of ether oxygens (including phenoxy) is 2. The Labute approximate surface area is 94.1 Å². The standard InChI is InChI=1S/C12H14O4/c1-2-15-9-16-12(14)8-5-10-3-6-11(13)7-4-10/h3-8,13H,2,9H2,1H3/b8-5+. The van der Waals surface area contributed by atoms with Gasteiger partial charge in [0.25, 0.3) is 0 Å². The molecule has 0 aliphatic carbocycles. The lowest BCUT2D eigenvalue weighted by Gasteiger charge is -2.00. The molecule has 0 amide bonds. The van der Waals surface area contributed by atoms with Crippen molar-refractivity contribution in [1.29, 1.82) is 0 Å². The van der Waals surface area contributed by atoms with E-state index in [1.54, 1.807) is 30.3 Å². The van der Waals surface area contributed by atoms with E-state index in [1.165, 1.54) is 6.08 Å². The van der Waals surface area contributed by atoms with Gasteiger partial charge in [0, 0.05) is 12.7 Å². The van der Waals surface area contributed by atoms with Crippen molar-refractivity contribution in [1.82, 2.24) is 0 Å². The SMILES string of the molecule is CCOCOC(=O)/C=C/c1ccc(O)cc1. The number of rotatable bonds is 5. The quantitative estimate of drug-likeness (QED) is 0.358. The van der Waals surface area contributed by atoms with Crippen molar-refractivity contribution in [3.63, 3.8) is 0 Å². The summed E-state index contributed by atoms with van der Waals surface area (Å²) >= 11 is 0. The molecule has 0 saturated carbocycles. The molecule has 1 N–H and O–H groups in total. The maximum absolute atomic E-state index is 11.1. The van der Waals surface area contributed by atoms with Crippen LogP contribution in [0.4, 0.5) is 0 Å². The summed E-state index contributed by atoms with van der Waals surface area (Å²) in [5, 5.41) is 9.05. The molecule has 1 aromatic carbocycles. The molecule has 0 aliphatic heterocycles. The van der Waals surface area contributed by atoms with Crippen LogP contribution in [0.25, 0.3) is 6.08 Å². The predicted octanol–water partition coefficient (Wildman–Crippen LogP) is 1.94. The number of phenolic OH excluding ortho intramolecular Hbond substituents is 1. The Morgan fingerprint density at radius 3 is 2.69 bits per heavy atom. The van der Waals surface area contributed by atoms with Crippen molar-refractivity contribution in [2.75, 3.05) is 13.4 Å². The second kappa shape index (κ2) is 6.63. The minimum Gasteiger partial charge on any atom is -0.508 e. The summed E-state index contributed by atoms with van der Waals surface area (Å²) < 4.78 is 9.59. The fourth-order valence-corrected chi connectivity index (χ4v) is 0.981. The monoisotopic (exact) mass is 222 g/mol. The third-order valence-corrected chi connectivity index (χ3v) is 1.79. The van der Waals surface area contributed by atoms with E-state index in [9.17, 15) is 4.79 Å². The Hall–Kier alpha value is -1.81. The molecule has 0 aliphatic rings. The second-order valence-electron chi connectivity index (χ2n) is 3.00. The molecule has 0 aromatic heterocycles. The highest BCUT2D eigenvalue weighted by molar-refractivity contribution is 5.86. The Kier molecular flexibility index (Phi) is 5.08. The summed E-state index contributed by atoms with van der Waals surface area (Å²) in [5.74, 6) is -0.266. The number of aromatic hydroxyl groups is 1. The Balaban J connectivity index is 2.41. The minimum absolute atomic E-state index is 0.0325. The Morgan fingerprint density at radius 2 is 2.06 bits per heavy atom. The zero-order valence-corrected chi connectivity index (χ0v) is 9.05. The van der Waals surface area contributed by atoms with Crippen molar-refractivity contribution in [3.8, 4) is 5.75 Å². The van der Waals surface area contributed by atoms with E-state index in [2.05, 4.69) is 0 Å². The summed E-state index contributed by atoms with van der Waals surface area (Å²) in [6, 6.07) is 6.49. The number of benzene rings is 1. The lowest BCUT2D eigenvalue weighted by Crippen LogP contribution is -2.05. The molecule has 0 atom stereocenters.